The molecule has 5 aliphatic rings. The average Bonchev–Trinajstić information content (AvgIpc) is 2.89. The summed E-state index contributed by atoms with van der Waals surface area (Å²) < 4.78 is 0. The number of hydrogen-bond acceptors (Lipinski definition) is 1. The van der Waals surface area contributed by atoms with Crippen LogP contribution in [-0.2, 0) is 4.79 Å². The number of β-lactam (4-membered cyclic amide) rings is 1. The molecular weight excluding hydrogens is 186 g/mol. The normalized spacial score (nSPS) is 67.6. The van der Waals surface area contributed by atoms with Gasteiger partial charge in [-0.15, -0.1) is 0 Å². The van der Waals surface area contributed by atoms with E-state index in [1.165, 1.54) is 25.7 Å². The van der Waals surface area contributed by atoms with Crippen molar-refractivity contribution in [1.29, 1.82) is 0 Å². The van der Waals surface area contributed by atoms with Crippen molar-refractivity contribution in [3.8, 4) is 0 Å². The summed E-state index contributed by atoms with van der Waals surface area (Å²) in [6.07, 6.45) is 5.88. The molecule has 5 rings (SSSR count). The Hall–Kier alpha value is -0.530. The van der Waals surface area contributed by atoms with Crippen molar-refractivity contribution in [2.45, 2.75) is 31.7 Å². The van der Waals surface area contributed by atoms with Gasteiger partial charge in [-0.25, -0.2) is 0 Å². The summed E-state index contributed by atoms with van der Waals surface area (Å²) in [5, 5.41) is 3.17. The molecule has 4 bridgehead atoms. The number of amides is 1. The molecule has 1 N–H and O–H groups in total. The van der Waals surface area contributed by atoms with Gasteiger partial charge in [0.25, 0.3) is 0 Å². The van der Waals surface area contributed by atoms with Gasteiger partial charge in [-0.1, -0.05) is 0 Å². The average molecular weight is 203 g/mol. The molecule has 0 aromatic carbocycles. The van der Waals surface area contributed by atoms with Crippen LogP contribution in [0.25, 0.3) is 0 Å². The van der Waals surface area contributed by atoms with E-state index in [1.54, 1.807) is 0 Å². The Bertz CT molecular complexity index is 366. The molecule has 80 valence electrons. The van der Waals surface area contributed by atoms with Gasteiger partial charge < -0.3 is 5.32 Å². The molecule has 8 atom stereocenters. The lowest BCUT2D eigenvalue weighted by Gasteiger charge is -2.48. The van der Waals surface area contributed by atoms with E-state index in [0.717, 1.165) is 35.5 Å². The molecule has 0 spiro atoms. The van der Waals surface area contributed by atoms with Crippen LogP contribution in [-0.4, -0.2) is 11.9 Å². The Morgan fingerprint density at radius 2 is 1.73 bits per heavy atom. The van der Waals surface area contributed by atoms with Crippen LogP contribution in [0.1, 0.15) is 25.7 Å². The summed E-state index contributed by atoms with van der Waals surface area (Å²) in [5.74, 6) is 6.59. The van der Waals surface area contributed by atoms with E-state index < -0.39 is 0 Å². The highest BCUT2D eigenvalue weighted by atomic mass is 16.2. The zero-order valence-electron chi connectivity index (χ0n) is 8.86. The second kappa shape index (κ2) is 2.11. The number of nitrogens with one attached hydrogen (secondary N) is 1. The van der Waals surface area contributed by atoms with E-state index >= 15 is 0 Å². The summed E-state index contributed by atoms with van der Waals surface area (Å²) in [7, 11) is 0. The minimum atomic E-state index is 0.383. The van der Waals surface area contributed by atoms with Crippen molar-refractivity contribution in [1.82, 2.24) is 5.32 Å². The highest BCUT2D eigenvalue weighted by molar-refractivity contribution is 5.87. The number of carbonyl (C=O) groups is 1. The van der Waals surface area contributed by atoms with Crippen molar-refractivity contribution in [3.05, 3.63) is 0 Å². The van der Waals surface area contributed by atoms with E-state index in [9.17, 15) is 4.79 Å². The van der Waals surface area contributed by atoms with Crippen LogP contribution >= 0.6 is 0 Å². The fourth-order valence-electron chi connectivity index (χ4n) is 6.30. The Morgan fingerprint density at radius 1 is 1.00 bits per heavy atom. The van der Waals surface area contributed by atoms with E-state index in [1.807, 2.05) is 0 Å². The Labute approximate surface area is 89.8 Å². The minimum absolute atomic E-state index is 0.383. The predicted molar refractivity (Wildman–Crippen MR) is 54.8 cm³/mol. The van der Waals surface area contributed by atoms with Crippen LogP contribution in [0, 0.1) is 41.4 Å². The quantitative estimate of drug-likeness (QED) is 0.468. The summed E-state index contributed by atoms with van der Waals surface area (Å²) in [5.41, 5.74) is 0. The number of rotatable bonds is 0. The molecule has 0 aromatic heterocycles. The maximum absolute atomic E-state index is 11.6. The Balaban J connectivity index is 1.60. The molecule has 4 saturated carbocycles. The van der Waals surface area contributed by atoms with Gasteiger partial charge in [0, 0.05) is 6.04 Å². The first-order valence-electron chi connectivity index (χ1n) is 6.65. The molecular formula is C13H17NO. The summed E-state index contributed by atoms with van der Waals surface area (Å²) in [6.45, 7) is 0. The molecule has 2 nitrogen and oxygen atoms in total. The second-order valence-corrected chi connectivity index (χ2v) is 6.61. The van der Waals surface area contributed by atoms with Crippen molar-refractivity contribution in [2.24, 2.45) is 41.4 Å². The first kappa shape index (κ1) is 7.70. The highest BCUT2D eigenvalue weighted by Gasteiger charge is 2.70. The first-order valence-corrected chi connectivity index (χ1v) is 6.65. The van der Waals surface area contributed by atoms with E-state index in [2.05, 4.69) is 5.32 Å². The van der Waals surface area contributed by atoms with E-state index in [4.69, 9.17) is 0 Å². The van der Waals surface area contributed by atoms with Gasteiger partial charge in [-0.3, -0.25) is 4.79 Å². The molecule has 1 saturated heterocycles. The number of fused-ring (bicyclic) bond motifs is 12. The van der Waals surface area contributed by atoms with Crippen molar-refractivity contribution in [2.75, 3.05) is 0 Å². The molecule has 5 fully saturated rings. The SMILES string of the molecule is O=C1NC2C3CC(C12)C1C2CCC(C2)C31. The van der Waals surface area contributed by atoms with Crippen LogP contribution in [0.2, 0.25) is 0 Å². The van der Waals surface area contributed by atoms with Crippen LogP contribution in [0.5, 0.6) is 0 Å². The third kappa shape index (κ3) is 0.644. The van der Waals surface area contributed by atoms with Crippen LogP contribution in [0.4, 0.5) is 0 Å². The standard InChI is InChI=1S/C13H17NO/c15-13-11-7-4-8(12(11)14-13)10-6-2-1-5(3-6)9(7)10/h5-12H,1-4H2,(H,14,15). The molecule has 1 amide bonds. The van der Waals surface area contributed by atoms with Gasteiger partial charge in [0.2, 0.25) is 5.91 Å². The topological polar surface area (TPSA) is 29.1 Å². The van der Waals surface area contributed by atoms with E-state index in [-0.39, 0.29) is 0 Å². The molecule has 4 aliphatic carbocycles. The molecule has 2 heteroatoms. The van der Waals surface area contributed by atoms with Gasteiger partial charge in [0.15, 0.2) is 0 Å². The molecule has 15 heavy (non-hydrogen) atoms. The molecule has 0 radical (unpaired) electrons. The lowest BCUT2D eigenvalue weighted by molar-refractivity contribution is -0.141. The van der Waals surface area contributed by atoms with Gasteiger partial charge in [-0.2, -0.15) is 0 Å². The monoisotopic (exact) mass is 203 g/mol. The van der Waals surface area contributed by atoms with Gasteiger partial charge >= 0.3 is 0 Å². The number of hydrogen-bond donors (Lipinski definition) is 1. The lowest BCUT2D eigenvalue weighted by atomic mass is 9.63. The fourth-order valence-corrected chi connectivity index (χ4v) is 6.30. The van der Waals surface area contributed by atoms with Crippen LogP contribution in [0.15, 0.2) is 0 Å². The smallest absolute Gasteiger partial charge is 0.225 e. The summed E-state index contributed by atoms with van der Waals surface area (Å²) in [4.78, 5) is 11.6. The number of carbonyl (C=O) groups excluding carboxylic acids is 1. The lowest BCUT2D eigenvalue weighted by Crippen LogP contribution is -2.64. The Morgan fingerprint density at radius 3 is 2.47 bits per heavy atom. The van der Waals surface area contributed by atoms with E-state index in [0.29, 0.717) is 17.9 Å². The molecule has 0 aromatic rings. The second-order valence-electron chi connectivity index (χ2n) is 6.61. The van der Waals surface area contributed by atoms with Gasteiger partial charge in [0.05, 0.1) is 5.92 Å². The van der Waals surface area contributed by atoms with Gasteiger partial charge in [-0.05, 0) is 61.2 Å². The van der Waals surface area contributed by atoms with Gasteiger partial charge in [0.1, 0.15) is 0 Å². The third-order valence-corrected chi connectivity index (χ3v) is 6.50. The summed E-state index contributed by atoms with van der Waals surface area (Å²) in [6, 6.07) is 0.614. The minimum Gasteiger partial charge on any atom is -0.352 e. The largest absolute Gasteiger partial charge is 0.352 e. The predicted octanol–water partition coefficient (Wildman–Crippen LogP) is 1.41. The van der Waals surface area contributed by atoms with Crippen LogP contribution in [0.3, 0.4) is 0 Å². The molecule has 8 unspecified atom stereocenters. The van der Waals surface area contributed by atoms with Crippen LogP contribution < -0.4 is 5.32 Å². The zero-order chi connectivity index (χ0) is 9.73. The van der Waals surface area contributed by atoms with Crippen molar-refractivity contribution < 1.29 is 4.79 Å². The maximum atomic E-state index is 11.6. The van der Waals surface area contributed by atoms with Crippen molar-refractivity contribution in [3.63, 3.8) is 0 Å². The zero-order valence-corrected chi connectivity index (χ0v) is 8.86. The Kier molecular flexibility index (Phi) is 1.09. The van der Waals surface area contributed by atoms with Crippen molar-refractivity contribution >= 4 is 5.91 Å². The molecule has 1 aliphatic heterocycles. The third-order valence-electron chi connectivity index (χ3n) is 6.50. The highest BCUT2D eigenvalue weighted by Crippen LogP contribution is 2.70. The molecule has 1 heterocycles. The summed E-state index contributed by atoms with van der Waals surface area (Å²) >= 11 is 0. The fraction of sp³-hybridized carbons (Fsp3) is 0.923. The first-order chi connectivity index (χ1) is 7.34. The maximum Gasteiger partial charge on any atom is 0.225 e.